The van der Waals surface area contributed by atoms with Gasteiger partial charge in [0.2, 0.25) is 10.0 Å². The maximum Gasteiger partial charge on any atom is 0.228 e. The fourth-order valence-electron chi connectivity index (χ4n) is 0.937. The summed E-state index contributed by atoms with van der Waals surface area (Å²) in [6.07, 6.45) is 1.51. The van der Waals surface area contributed by atoms with E-state index in [4.69, 9.17) is 5.26 Å². The minimum Gasteiger partial charge on any atom is -0.211 e. The van der Waals surface area contributed by atoms with Crippen molar-refractivity contribution < 1.29 is 8.42 Å². The van der Waals surface area contributed by atoms with Crippen LogP contribution in [0.2, 0.25) is 0 Å². The van der Waals surface area contributed by atoms with Crippen LogP contribution in [0, 0.1) is 11.3 Å². The Morgan fingerprint density at radius 3 is 2.46 bits per heavy atom. The molecule has 0 bridgehead atoms. The molecule has 0 fully saturated rings. The molecule has 13 heavy (non-hydrogen) atoms. The summed E-state index contributed by atoms with van der Waals surface area (Å²) in [7, 11) is -3.43. The van der Waals surface area contributed by atoms with Crippen LogP contribution >= 0.6 is 0 Å². The summed E-state index contributed by atoms with van der Waals surface area (Å²) in [6, 6.07) is 1.50. The summed E-state index contributed by atoms with van der Waals surface area (Å²) in [4.78, 5) is 0. The molecular formula is C8H14N2O2S. The number of rotatable bonds is 5. The Hall–Kier alpha value is -0.860. The minimum atomic E-state index is -3.43. The van der Waals surface area contributed by atoms with Gasteiger partial charge in [-0.2, -0.15) is 9.57 Å². The predicted octanol–water partition coefficient (Wildman–Crippen LogP) is 0.736. The molecule has 0 saturated carbocycles. The average molecular weight is 202 g/mol. The monoisotopic (exact) mass is 202 g/mol. The lowest BCUT2D eigenvalue weighted by Crippen LogP contribution is -2.38. The van der Waals surface area contributed by atoms with E-state index in [1.165, 1.54) is 10.4 Å². The van der Waals surface area contributed by atoms with E-state index in [0.29, 0.717) is 0 Å². The normalized spacial score (nSPS) is 11.6. The van der Waals surface area contributed by atoms with Crippen LogP contribution < -0.4 is 0 Å². The zero-order valence-corrected chi connectivity index (χ0v) is 8.71. The second kappa shape index (κ2) is 5.00. The van der Waals surface area contributed by atoms with E-state index in [-0.39, 0.29) is 12.6 Å². The van der Waals surface area contributed by atoms with Gasteiger partial charge in [0.15, 0.2) is 5.75 Å². The standard InChI is InChI=1S/C8H14N2O2S/c1-4-6-10(8(2)3)13(11,12)7-5-9/h4,8H,1,6-7H2,2-3H3. The molecular weight excluding hydrogens is 188 g/mol. The van der Waals surface area contributed by atoms with Crippen molar-refractivity contribution in [3.8, 4) is 6.07 Å². The maximum atomic E-state index is 11.4. The predicted molar refractivity (Wildman–Crippen MR) is 51.4 cm³/mol. The van der Waals surface area contributed by atoms with Crippen LogP contribution in [0.4, 0.5) is 0 Å². The Bertz CT molecular complexity index is 301. The molecule has 0 spiro atoms. The second-order valence-electron chi connectivity index (χ2n) is 2.87. The van der Waals surface area contributed by atoms with Gasteiger partial charge < -0.3 is 0 Å². The van der Waals surface area contributed by atoms with Gasteiger partial charge in [0, 0.05) is 12.6 Å². The SMILES string of the molecule is C=CCN(C(C)C)S(=O)(=O)CC#N. The Morgan fingerprint density at radius 1 is 1.62 bits per heavy atom. The highest BCUT2D eigenvalue weighted by atomic mass is 32.2. The van der Waals surface area contributed by atoms with E-state index in [1.54, 1.807) is 19.9 Å². The highest BCUT2D eigenvalue weighted by Crippen LogP contribution is 2.06. The first kappa shape index (κ1) is 12.1. The summed E-state index contributed by atoms with van der Waals surface area (Å²) in [6.45, 7) is 7.24. The fourth-order valence-corrected chi connectivity index (χ4v) is 2.24. The summed E-state index contributed by atoms with van der Waals surface area (Å²) < 4.78 is 24.1. The Balaban J connectivity index is 4.74. The van der Waals surface area contributed by atoms with Crippen LogP contribution in [0.3, 0.4) is 0 Å². The minimum absolute atomic E-state index is 0.142. The van der Waals surface area contributed by atoms with Crippen molar-refractivity contribution in [1.29, 1.82) is 5.26 Å². The molecule has 0 radical (unpaired) electrons. The van der Waals surface area contributed by atoms with E-state index in [0.717, 1.165) is 0 Å². The number of hydrogen-bond acceptors (Lipinski definition) is 3. The number of hydrogen-bond donors (Lipinski definition) is 0. The lowest BCUT2D eigenvalue weighted by molar-refractivity contribution is 0.384. The van der Waals surface area contributed by atoms with Crippen molar-refractivity contribution in [2.45, 2.75) is 19.9 Å². The van der Waals surface area contributed by atoms with Gasteiger partial charge in [0.05, 0.1) is 6.07 Å². The molecule has 0 heterocycles. The van der Waals surface area contributed by atoms with Crippen molar-refractivity contribution in [3.05, 3.63) is 12.7 Å². The van der Waals surface area contributed by atoms with E-state index in [9.17, 15) is 8.42 Å². The molecule has 0 unspecified atom stereocenters. The van der Waals surface area contributed by atoms with Crippen molar-refractivity contribution >= 4 is 10.0 Å². The second-order valence-corrected chi connectivity index (χ2v) is 4.79. The third-order valence-corrected chi connectivity index (χ3v) is 3.27. The molecule has 0 N–H and O–H groups in total. The van der Waals surface area contributed by atoms with Crippen LogP contribution in [0.25, 0.3) is 0 Å². The van der Waals surface area contributed by atoms with Crippen LogP contribution in [-0.4, -0.2) is 31.1 Å². The number of nitriles is 1. The third kappa shape index (κ3) is 3.57. The van der Waals surface area contributed by atoms with Crippen molar-refractivity contribution in [1.82, 2.24) is 4.31 Å². The van der Waals surface area contributed by atoms with Crippen molar-refractivity contribution in [2.75, 3.05) is 12.3 Å². The highest BCUT2D eigenvalue weighted by Gasteiger charge is 2.22. The number of sulfonamides is 1. The molecule has 4 nitrogen and oxygen atoms in total. The van der Waals surface area contributed by atoms with Gasteiger partial charge in [0.1, 0.15) is 0 Å². The van der Waals surface area contributed by atoms with E-state index in [1.807, 2.05) is 0 Å². The first-order valence-electron chi connectivity index (χ1n) is 3.93. The Kier molecular flexibility index (Phi) is 4.67. The molecule has 0 aromatic heterocycles. The van der Waals surface area contributed by atoms with Gasteiger partial charge in [-0.05, 0) is 13.8 Å². The number of nitrogens with zero attached hydrogens (tertiary/aromatic N) is 2. The van der Waals surface area contributed by atoms with Crippen LogP contribution in [0.5, 0.6) is 0 Å². The highest BCUT2D eigenvalue weighted by molar-refractivity contribution is 7.89. The molecule has 5 heteroatoms. The molecule has 0 aromatic rings. The topological polar surface area (TPSA) is 61.2 Å². The zero-order valence-electron chi connectivity index (χ0n) is 7.90. The van der Waals surface area contributed by atoms with Gasteiger partial charge in [-0.1, -0.05) is 6.08 Å². The van der Waals surface area contributed by atoms with Gasteiger partial charge in [0.25, 0.3) is 0 Å². The maximum absolute atomic E-state index is 11.4. The first-order chi connectivity index (χ1) is 5.95. The average Bonchev–Trinajstić information content (AvgIpc) is 1.99. The van der Waals surface area contributed by atoms with E-state index < -0.39 is 15.8 Å². The quantitative estimate of drug-likeness (QED) is 0.618. The first-order valence-corrected chi connectivity index (χ1v) is 5.54. The molecule has 74 valence electrons. The van der Waals surface area contributed by atoms with Crippen LogP contribution in [0.15, 0.2) is 12.7 Å². The molecule has 0 aromatic carbocycles. The van der Waals surface area contributed by atoms with Gasteiger partial charge in [-0.15, -0.1) is 6.58 Å². The van der Waals surface area contributed by atoms with Gasteiger partial charge in [-0.25, -0.2) is 8.42 Å². The summed E-state index contributed by atoms with van der Waals surface area (Å²) in [5.74, 6) is -0.473. The van der Waals surface area contributed by atoms with Crippen molar-refractivity contribution in [2.24, 2.45) is 0 Å². The molecule has 0 aliphatic heterocycles. The third-order valence-electron chi connectivity index (χ3n) is 1.49. The van der Waals surface area contributed by atoms with E-state index in [2.05, 4.69) is 6.58 Å². The van der Waals surface area contributed by atoms with Crippen molar-refractivity contribution in [3.63, 3.8) is 0 Å². The van der Waals surface area contributed by atoms with Crippen LogP contribution in [-0.2, 0) is 10.0 Å². The molecule has 0 aliphatic rings. The Labute approximate surface area is 79.5 Å². The Morgan fingerprint density at radius 2 is 2.15 bits per heavy atom. The summed E-state index contributed by atoms with van der Waals surface area (Å²) in [5, 5.41) is 8.32. The van der Waals surface area contributed by atoms with Gasteiger partial charge >= 0.3 is 0 Å². The molecule has 0 rings (SSSR count). The lowest BCUT2D eigenvalue weighted by atomic mass is 10.4. The molecule has 0 amide bonds. The zero-order chi connectivity index (χ0) is 10.5. The molecule has 0 saturated heterocycles. The summed E-state index contributed by atoms with van der Waals surface area (Å²) in [5.41, 5.74) is 0. The lowest BCUT2D eigenvalue weighted by Gasteiger charge is -2.22. The van der Waals surface area contributed by atoms with Gasteiger partial charge in [-0.3, -0.25) is 0 Å². The fraction of sp³-hybridized carbons (Fsp3) is 0.625. The van der Waals surface area contributed by atoms with Crippen LogP contribution in [0.1, 0.15) is 13.8 Å². The van der Waals surface area contributed by atoms with E-state index >= 15 is 0 Å². The molecule has 0 atom stereocenters. The summed E-state index contributed by atoms with van der Waals surface area (Å²) >= 11 is 0. The largest absolute Gasteiger partial charge is 0.228 e. The molecule has 0 aliphatic carbocycles. The smallest absolute Gasteiger partial charge is 0.211 e.